The summed E-state index contributed by atoms with van der Waals surface area (Å²) in [6.07, 6.45) is 2.24. The lowest BCUT2D eigenvalue weighted by Gasteiger charge is -2.05. The first-order valence-corrected chi connectivity index (χ1v) is 6.62. The molecule has 1 aromatic heterocycles. The lowest BCUT2D eigenvalue weighted by atomic mass is 10.2. The van der Waals surface area contributed by atoms with Crippen molar-refractivity contribution in [3.05, 3.63) is 29.6 Å². The first-order valence-electron chi connectivity index (χ1n) is 5.74. The SMILES string of the molecule is CCCCOc1ccc(-c2nc(N)cs2)cc1. The predicted molar refractivity (Wildman–Crippen MR) is 72.4 cm³/mol. The monoisotopic (exact) mass is 248 g/mol. The van der Waals surface area contributed by atoms with Crippen molar-refractivity contribution >= 4 is 17.2 Å². The molecule has 4 heteroatoms. The molecule has 0 atom stereocenters. The number of hydrogen-bond donors (Lipinski definition) is 1. The molecule has 0 amide bonds. The van der Waals surface area contributed by atoms with Crippen LogP contribution in [0.2, 0.25) is 0 Å². The zero-order valence-electron chi connectivity index (χ0n) is 9.85. The highest BCUT2D eigenvalue weighted by molar-refractivity contribution is 7.13. The highest BCUT2D eigenvalue weighted by atomic mass is 32.1. The van der Waals surface area contributed by atoms with E-state index in [0.717, 1.165) is 35.8 Å². The largest absolute Gasteiger partial charge is 0.494 e. The molecule has 0 aliphatic heterocycles. The first-order chi connectivity index (χ1) is 8.29. The number of rotatable bonds is 5. The van der Waals surface area contributed by atoms with Gasteiger partial charge in [0.2, 0.25) is 0 Å². The molecular formula is C13H16N2OS. The maximum Gasteiger partial charge on any atom is 0.135 e. The standard InChI is InChI=1S/C13H16N2OS/c1-2-3-8-16-11-6-4-10(5-7-11)13-15-12(14)9-17-13/h4-7,9H,2-3,8,14H2,1H3. The van der Waals surface area contributed by atoms with E-state index in [4.69, 9.17) is 10.5 Å². The van der Waals surface area contributed by atoms with Gasteiger partial charge in [-0.05, 0) is 30.7 Å². The smallest absolute Gasteiger partial charge is 0.135 e. The van der Waals surface area contributed by atoms with Crippen LogP contribution in [0, 0.1) is 0 Å². The lowest BCUT2D eigenvalue weighted by Crippen LogP contribution is -1.95. The van der Waals surface area contributed by atoms with Gasteiger partial charge in [-0.15, -0.1) is 11.3 Å². The third kappa shape index (κ3) is 3.20. The fourth-order valence-corrected chi connectivity index (χ4v) is 2.16. The van der Waals surface area contributed by atoms with Gasteiger partial charge >= 0.3 is 0 Å². The molecule has 1 heterocycles. The van der Waals surface area contributed by atoms with Gasteiger partial charge in [-0.2, -0.15) is 0 Å². The van der Waals surface area contributed by atoms with Crippen molar-refractivity contribution in [3.63, 3.8) is 0 Å². The van der Waals surface area contributed by atoms with Crippen LogP contribution in [-0.2, 0) is 0 Å². The Morgan fingerprint density at radius 2 is 2.06 bits per heavy atom. The number of benzene rings is 1. The Morgan fingerprint density at radius 3 is 2.65 bits per heavy atom. The van der Waals surface area contributed by atoms with Crippen LogP contribution in [0.15, 0.2) is 29.6 Å². The fraction of sp³-hybridized carbons (Fsp3) is 0.308. The molecule has 0 saturated carbocycles. The third-order valence-electron chi connectivity index (χ3n) is 2.39. The number of nitrogens with two attached hydrogens (primary N) is 1. The van der Waals surface area contributed by atoms with Gasteiger partial charge in [-0.25, -0.2) is 4.98 Å². The molecule has 0 unspecified atom stereocenters. The average Bonchev–Trinajstić information content (AvgIpc) is 2.77. The molecule has 90 valence electrons. The molecule has 0 aliphatic carbocycles. The molecular weight excluding hydrogens is 232 g/mol. The number of nitrogen functional groups attached to an aromatic ring is 1. The van der Waals surface area contributed by atoms with Gasteiger partial charge in [0, 0.05) is 10.9 Å². The summed E-state index contributed by atoms with van der Waals surface area (Å²) in [4.78, 5) is 4.24. The van der Waals surface area contributed by atoms with Crippen LogP contribution >= 0.6 is 11.3 Å². The number of ether oxygens (including phenoxy) is 1. The van der Waals surface area contributed by atoms with Crippen LogP contribution in [-0.4, -0.2) is 11.6 Å². The lowest BCUT2D eigenvalue weighted by molar-refractivity contribution is 0.309. The number of thiazole rings is 1. The van der Waals surface area contributed by atoms with E-state index in [0.29, 0.717) is 5.82 Å². The zero-order valence-corrected chi connectivity index (χ0v) is 10.7. The molecule has 0 spiro atoms. The topological polar surface area (TPSA) is 48.1 Å². The maximum absolute atomic E-state index is 5.60. The number of aromatic nitrogens is 1. The minimum Gasteiger partial charge on any atom is -0.494 e. The number of hydrogen-bond acceptors (Lipinski definition) is 4. The van der Waals surface area contributed by atoms with Crippen LogP contribution in [0.25, 0.3) is 10.6 Å². The Labute approximate surface area is 105 Å². The maximum atomic E-state index is 5.60. The van der Waals surface area contributed by atoms with Crippen molar-refractivity contribution in [1.29, 1.82) is 0 Å². The Hall–Kier alpha value is -1.55. The molecule has 2 N–H and O–H groups in total. The molecule has 0 aliphatic rings. The van der Waals surface area contributed by atoms with Gasteiger partial charge < -0.3 is 10.5 Å². The minimum atomic E-state index is 0.577. The average molecular weight is 248 g/mol. The second kappa shape index (κ2) is 5.68. The summed E-state index contributed by atoms with van der Waals surface area (Å²) >= 11 is 1.55. The van der Waals surface area contributed by atoms with Crippen molar-refractivity contribution in [3.8, 4) is 16.3 Å². The summed E-state index contributed by atoms with van der Waals surface area (Å²) < 4.78 is 5.60. The van der Waals surface area contributed by atoms with Crippen molar-refractivity contribution in [2.24, 2.45) is 0 Å². The van der Waals surface area contributed by atoms with Crippen LogP contribution in [0.3, 0.4) is 0 Å². The summed E-state index contributed by atoms with van der Waals surface area (Å²) in [7, 11) is 0. The normalized spacial score (nSPS) is 10.4. The molecule has 17 heavy (non-hydrogen) atoms. The van der Waals surface area contributed by atoms with Gasteiger partial charge in [0.1, 0.15) is 16.6 Å². The van der Waals surface area contributed by atoms with Crippen molar-refractivity contribution in [1.82, 2.24) is 4.98 Å². The Morgan fingerprint density at radius 1 is 1.29 bits per heavy atom. The third-order valence-corrected chi connectivity index (χ3v) is 3.30. The highest BCUT2D eigenvalue weighted by Gasteiger charge is 2.02. The van der Waals surface area contributed by atoms with E-state index in [9.17, 15) is 0 Å². The summed E-state index contributed by atoms with van der Waals surface area (Å²) in [6, 6.07) is 7.98. The van der Waals surface area contributed by atoms with E-state index in [1.54, 1.807) is 11.3 Å². The quantitative estimate of drug-likeness (QED) is 0.823. The molecule has 2 rings (SSSR count). The van der Waals surface area contributed by atoms with E-state index in [1.165, 1.54) is 0 Å². The molecule has 0 fully saturated rings. The second-order valence-corrected chi connectivity index (χ2v) is 4.66. The number of unbranched alkanes of at least 4 members (excludes halogenated alkanes) is 1. The van der Waals surface area contributed by atoms with E-state index >= 15 is 0 Å². The molecule has 0 bridgehead atoms. The van der Waals surface area contributed by atoms with Crippen molar-refractivity contribution in [2.75, 3.05) is 12.3 Å². The number of nitrogens with zero attached hydrogens (tertiary/aromatic N) is 1. The van der Waals surface area contributed by atoms with Crippen LogP contribution in [0.1, 0.15) is 19.8 Å². The fourth-order valence-electron chi connectivity index (χ4n) is 1.45. The first kappa shape index (κ1) is 11.9. The van der Waals surface area contributed by atoms with Gasteiger partial charge in [-0.1, -0.05) is 13.3 Å². The minimum absolute atomic E-state index is 0.577. The molecule has 3 nitrogen and oxygen atoms in total. The van der Waals surface area contributed by atoms with Gasteiger partial charge in [0.25, 0.3) is 0 Å². The van der Waals surface area contributed by atoms with Gasteiger partial charge in [0.05, 0.1) is 6.61 Å². The molecule has 1 aromatic carbocycles. The Kier molecular flexibility index (Phi) is 3.98. The molecule has 0 radical (unpaired) electrons. The summed E-state index contributed by atoms with van der Waals surface area (Å²) in [6.45, 7) is 2.93. The Bertz CT molecular complexity index is 465. The van der Waals surface area contributed by atoms with E-state index in [1.807, 2.05) is 29.6 Å². The van der Waals surface area contributed by atoms with Crippen LogP contribution in [0.5, 0.6) is 5.75 Å². The zero-order chi connectivity index (χ0) is 12.1. The summed E-state index contributed by atoms with van der Waals surface area (Å²) in [5, 5.41) is 2.80. The summed E-state index contributed by atoms with van der Waals surface area (Å²) in [5.74, 6) is 1.49. The van der Waals surface area contributed by atoms with Crippen molar-refractivity contribution < 1.29 is 4.74 Å². The van der Waals surface area contributed by atoms with Gasteiger partial charge in [0.15, 0.2) is 0 Å². The van der Waals surface area contributed by atoms with E-state index < -0.39 is 0 Å². The van der Waals surface area contributed by atoms with Gasteiger partial charge in [-0.3, -0.25) is 0 Å². The van der Waals surface area contributed by atoms with Crippen molar-refractivity contribution in [2.45, 2.75) is 19.8 Å². The predicted octanol–water partition coefficient (Wildman–Crippen LogP) is 3.57. The van der Waals surface area contributed by atoms with Crippen LogP contribution in [0.4, 0.5) is 5.82 Å². The van der Waals surface area contributed by atoms with E-state index in [2.05, 4.69) is 11.9 Å². The Balaban J connectivity index is 2.02. The second-order valence-electron chi connectivity index (χ2n) is 3.80. The van der Waals surface area contributed by atoms with E-state index in [-0.39, 0.29) is 0 Å². The summed E-state index contributed by atoms with van der Waals surface area (Å²) in [5.41, 5.74) is 6.68. The molecule has 0 saturated heterocycles. The molecule has 2 aromatic rings. The number of anilines is 1. The van der Waals surface area contributed by atoms with Crippen LogP contribution < -0.4 is 10.5 Å². The highest BCUT2D eigenvalue weighted by Crippen LogP contribution is 2.26.